The molecule has 0 radical (unpaired) electrons. The predicted octanol–water partition coefficient (Wildman–Crippen LogP) is 5.39. The number of anilines is 2. The van der Waals surface area contributed by atoms with E-state index in [0.29, 0.717) is 18.8 Å². The van der Waals surface area contributed by atoms with E-state index in [0.717, 1.165) is 56.2 Å². The second-order valence-corrected chi connectivity index (χ2v) is 8.52. The highest BCUT2D eigenvalue weighted by atomic mass is 35.5. The van der Waals surface area contributed by atoms with Crippen LogP contribution in [-0.2, 0) is 11.0 Å². The summed E-state index contributed by atoms with van der Waals surface area (Å²) in [6.45, 7) is 3.89. The molecule has 2 aromatic carbocycles. The zero-order valence-electron chi connectivity index (χ0n) is 17.1. The Bertz CT molecular complexity index is 942. The highest BCUT2D eigenvalue weighted by molar-refractivity contribution is 6.31. The van der Waals surface area contributed by atoms with Crippen molar-refractivity contribution in [3.05, 3.63) is 58.6 Å². The van der Waals surface area contributed by atoms with Gasteiger partial charge in [-0.15, -0.1) is 0 Å². The van der Waals surface area contributed by atoms with E-state index in [1.165, 1.54) is 6.07 Å². The molecule has 2 aliphatic heterocycles. The third-order valence-electron chi connectivity index (χ3n) is 6.12. The summed E-state index contributed by atoms with van der Waals surface area (Å²) in [4.78, 5) is 16.5. The minimum Gasteiger partial charge on any atom is -0.369 e. The Kier molecular flexibility index (Phi) is 6.44. The summed E-state index contributed by atoms with van der Waals surface area (Å²) in [5, 5.41) is 2.67. The van der Waals surface area contributed by atoms with Crippen LogP contribution < -0.4 is 10.2 Å². The minimum absolute atomic E-state index is 0.0687. The number of para-hydroxylation sites is 1. The molecular weight excluding hydrogens is 427 g/mol. The second kappa shape index (κ2) is 9.09. The zero-order valence-corrected chi connectivity index (χ0v) is 17.8. The van der Waals surface area contributed by atoms with Crippen LogP contribution in [0, 0.1) is 0 Å². The first kappa shape index (κ1) is 22.0. The van der Waals surface area contributed by atoms with Crippen LogP contribution in [0.4, 0.5) is 24.5 Å². The molecule has 166 valence electrons. The molecule has 31 heavy (non-hydrogen) atoms. The van der Waals surface area contributed by atoms with Crippen LogP contribution in [0.3, 0.4) is 0 Å². The van der Waals surface area contributed by atoms with Crippen LogP contribution in [0.5, 0.6) is 0 Å². The number of carbonyl (C=O) groups is 1. The van der Waals surface area contributed by atoms with Gasteiger partial charge in [0, 0.05) is 37.6 Å². The summed E-state index contributed by atoms with van der Waals surface area (Å²) < 4.78 is 39.3. The molecule has 4 nitrogen and oxygen atoms in total. The van der Waals surface area contributed by atoms with Gasteiger partial charge >= 0.3 is 6.18 Å². The number of unbranched alkanes of at least 4 members (excludes halogenated alkanes) is 1. The molecule has 2 aromatic rings. The molecule has 4 rings (SSSR count). The number of benzene rings is 2. The van der Waals surface area contributed by atoms with Crippen LogP contribution in [0.15, 0.2) is 42.5 Å². The SMILES string of the molecule is O=C1Nc2ccccc2C1CCCCN1CCN(c2ccc(Cl)c(C(F)(F)F)c2)CC1. The van der Waals surface area contributed by atoms with Crippen molar-refractivity contribution in [3.8, 4) is 0 Å². The van der Waals surface area contributed by atoms with Crippen molar-refractivity contribution < 1.29 is 18.0 Å². The molecular formula is C23H25ClF3N3O. The molecule has 0 aliphatic carbocycles. The molecule has 1 saturated heterocycles. The number of hydrogen-bond donors (Lipinski definition) is 1. The van der Waals surface area contributed by atoms with Crippen molar-refractivity contribution in [3.63, 3.8) is 0 Å². The second-order valence-electron chi connectivity index (χ2n) is 8.12. The van der Waals surface area contributed by atoms with Crippen molar-refractivity contribution >= 4 is 28.9 Å². The van der Waals surface area contributed by atoms with Gasteiger partial charge < -0.3 is 10.2 Å². The van der Waals surface area contributed by atoms with E-state index in [1.54, 1.807) is 6.07 Å². The minimum atomic E-state index is -4.45. The quantitative estimate of drug-likeness (QED) is 0.598. The van der Waals surface area contributed by atoms with Crippen molar-refractivity contribution in [1.29, 1.82) is 0 Å². The summed E-state index contributed by atoms with van der Waals surface area (Å²) in [6, 6.07) is 12.0. The van der Waals surface area contributed by atoms with E-state index in [1.807, 2.05) is 29.2 Å². The van der Waals surface area contributed by atoms with Gasteiger partial charge in [-0.3, -0.25) is 9.69 Å². The van der Waals surface area contributed by atoms with Gasteiger partial charge in [-0.2, -0.15) is 13.2 Å². The van der Waals surface area contributed by atoms with E-state index in [-0.39, 0.29) is 16.8 Å². The highest BCUT2D eigenvalue weighted by Gasteiger charge is 2.34. The van der Waals surface area contributed by atoms with Crippen molar-refractivity contribution in [2.75, 3.05) is 42.9 Å². The fourth-order valence-electron chi connectivity index (χ4n) is 4.40. The van der Waals surface area contributed by atoms with Gasteiger partial charge in [-0.05, 0) is 49.2 Å². The molecule has 8 heteroatoms. The van der Waals surface area contributed by atoms with Crippen molar-refractivity contribution in [1.82, 2.24) is 4.90 Å². The Morgan fingerprint density at radius 1 is 1.03 bits per heavy atom. The lowest BCUT2D eigenvalue weighted by molar-refractivity contribution is -0.137. The Balaban J connectivity index is 1.23. The first-order valence-electron chi connectivity index (χ1n) is 10.6. The number of alkyl halides is 3. The molecule has 2 heterocycles. The third-order valence-corrected chi connectivity index (χ3v) is 6.45. The molecule has 0 saturated carbocycles. The van der Waals surface area contributed by atoms with E-state index in [9.17, 15) is 18.0 Å². The first-order chi connectivity index (χ1) is 14.8. The largest absolute Gasteiger partial charge is 0.417 e. The Labute approximate surface area is 185 Å². The molecule has 1 atom stereocenters. The molecule has 0 aromatic heterocycles. The van der Waals surface area contributed by atoms with Gasteiger partial charge in [0.25, 0.3) is 0 Å². The highest BCUT2D eigenvalue weighted by Crippen LogP contribution is 2.37. The molecule has 0 bridgehead atoms. The van der Waals surface area contributed by atoms with E-state index in [2.05, 4.69) is 10.2 Å². The number of halogens is 4. The van der Waals surface area contributed by atoms with Gasteiger partial charge in [0.1, 0.15) is 0 Å². The predicted molar refractivity (Wildman–Crippen MR) is 117 cm³/mol. The zero-order chi connectivity index (χ0) is 22.0. The molecule has 0 spiro atoms. The lowest BCUT2D eigenvalue weighted by atomic mass is 9.95. The molecule has 1 N–H and O–H groups in total. The molecule has 1 amide bonds. The number of nitrogens with zero attached hydrogens (tertiary/aromatic N) is 2. The summed E-state index contributed by atoms with van der Waals surface area (Å²) >= 11 is 5.73. The summed E-state index contributed by atoms with van der Waals surface area (Å²) in [6.07, 6.45) is -1.68. The third kappa shape index (κ3) is 4.99. The van der Waals surface area contributed by atoms with Crippen molar-refractivity contribution in [2.45, 2.75) is 31.4 Å². The maximum atomic E-state index is 13.1. The van der Waals surface area contributed by atoms with Crippen LogP contribution in [0.1, 0.15) is 36.3 Å². The Morgan fingerprint density at radius 3 is 2.52 bits per heavy atom. The van der Waals surface area contributed by atoms with Crippen LogP contribution in [-0.4, -0.2) is 43.5 Å². The summed E-state index contributed by atoms with van der Waals surface area (Å²) in [5.74, 6) is 0.0109. The van der Waals surface area contributed by atoms with E-state index < -0.39 is 11.7 Å². The van der Waals surface area contributed by atoms with Gasteiger partial charge in [-0.25, -0.2) is 0 Å². The topological polar surface area (TPSA) is 35.6 Å². The Morgan fingerprint density at radius 2 is 1.77 bits per heavy atom. The maximum Gasteiger partial charge on any atom is 0.417 e. The number of carbonyl (C=O) groups excluding carboxylic acids is 1. The fraction of sp³-hybridized carbons (Fsp3) is 0.435. The van der Waals surface area contributed by atoms with Crippen LogP contribution in [0.25, 0.3) is 0 Å². The van der Waals surface area contributed by atoms with Gasteiger partial charge in [-0.1, -0.05) is 36.2 Å². The van der Waals surface area contributed by atoms with Crippen molar-refractivity contribution in [2.24, 2.45) is 0 Å². The summed E-state index contributed by atoms with van der Waals surface area (Å²) in [7, 11) is 0. The van der Waals surface area contributed by atoms with Crippen LogP contribution >= 0.6 is 11.6 Å². The molecule has 2 aliphatic rings. The molecule has 1 unspecified atom stereocenters. The number of fused-ring (bicyclic) bond motifs is 1. The van der Waals surface area contributed by atoms with Gasteiger partial charge in [0.05, 0.1) is 16.5 Å². The number of hydrogen-bond acceptors (Lipinski definition) is 3. The van der Waals surface area contributed by atoms with Gasteiger partial charge in [0.2, 0.25) is 5.91 Å². The first-order valence-corrected chi connectivity index (χ1v) is 10.9. The monoisotopic (exact) mass is 451 g/mol. The lowest BCUT2D eigenvalue weighted by Crippen LogP contribution is -2.46. The van der Waals surface area contributed by atoms with E-state index >= 15 is 0 Å². The van der Waals surface area contributed by atoms with Gasteiger partial charge in [0.15, 0.2) is 0 Å². The normalized spacial score (nSPS) is 19.4. The number of amides is 1. The molecule has 1 fully saturated rings. The average Bonchev–Trinajstić information content (AvgIpc) is 3.06. The maximum absolute atomic E-state index is 13.1. The van der Waals surface area contributed by atoms with Crippen LogP contribution in [0.2, 0.25) is 5.02 Å². The standard InChI is InChI=1S/C23H25ClF3N3O/c24-20-9-8-16(15-19(20)23(25,26)27)30-13-11-29(12-14-30)10-4-3-6-18-17-5-1-2-7-21(17)28-22(18)31/h1-2,5,7-9,15,18H,3-4,6,10-14H2,(H,28,31). The number of rotatable bonds is 6. The number of piperazine rings is 1. The lowest BCUT2D eigenvalue weighted by Gasteiger charge is -2.36. The summed E-state index contributed by atoms with van der Waals surface area (Å²) in [5.41, 5.74) is 1.78. The number of nitrogens with one attached hydrogen (secondary N) is 1. The average molecular weight is 452 g/mol. The fourth-order valence-corrected chi connectivity index (χ4v) is 4.63. The Hall–Kier alpha value is -2.25. The van der Waals surface area contributed by atoms with E-state index in [4.69, 9.17) is 11.6 Å². The smallest absolute Gasteiger partial charge is 0.369 e.